The van der Waals surface area contributed by atoms with Crippen LogP contribution in [0.5, 0.6) is 0 Å². The number of aromatic amines is 1. The molecule has 0 amide bonds. The summed E-state index contributed by atoms with van der Waals surface area (Å²) in [7, 11) is 0. The molecule has 41 heavy (non-hydrogen) atoms. The van der Waals surface area contributed by atoms with Gasteiger partial charge in [-0.25, -0.2) is 9.37 Å². The second-order valence-corrected chi connectivity index (χ2v) is 9.78. The first-order valence-corrected chi connectivity index (χ1v) is 12.3. The third kappa shape index (κ3) is 4.10. The fourth-order valence-electron chi connectivity index (χ4n) is 4.99. The molecular weight excluding hydrogens is 575 g/mol. The van der Waals surface area contributed by atoms with Crippen molar-refractivity contribution in [1.29, 1.82) is 0 Å². The van der Waals surface area contributed by atoms with E-state index in [9.17, 15) is 35.8 Å². The maximum atomic E-state index is 14.7. The summed E-state index contributed by atoms with van der Waals surface area (Å²) in [5.74, 6) is -0.675. The molecule has 0 spiro atoms. The Morgan fingerprint density at radius 2 is 1.46 bits per heavy atom. The van der Waals surface area contributed by atoms with Crippen LogP contribution in [0.25, 0.3) is 55.1 Å². The van der Waals surface area contributed by atoms with Gasteiger partial charge >= 0.3 is 12.4 Å². The van der Waals surface area contributed by atoms with E-state index in [0.717, 1.165) is 6.07 Å². The minimum absolute atomic E-state index is 0.0133. The van der Waals surface area contributed by atoms with Crippen LogP contribution in [0.4, 0.5) is 30.7 Å². The molecule has 6 rings (SSSR count). The van der Waals surface area contributed by atoms with Gasteiger partial charge in [-0.1, -0.05) is 48.0 Å². The minimum Gasteiger partial charge on any atom is -0.369 e. The Morgan fingerprint density at radius 3 is 2.12 bits per heavy atom. The number of alkyl halides is 6. The van der Waals surface area contributed by atoms with E-state index in [1.807, 2.05) is 0 Å². The van der Waals surface area contributed by atoms with E-state index in [1.54, 1.807) is 42.7 Å². The van der Waals surface area contributed by atoms with Crippen molar-refractivity contribution in [2.45, 2.75) is 18.0 Å². The van der Waals surface area contributed by atoms with Gasteiger partial charge in [-0.05, 0) is 46.7 Å². The highest BCUT2D eigenvalue weighted by atomic mass is 35.5. The molecule has 0 radical (unpaired) electrons. The molecule has 0 fully saturated rings. The third-order valence-corrected chi connectivity index (χ3v) is 7.31. The molecular formula is C29H15ClF7N3O. The highest BCUT2D eigenvalue weighted by Crippen LogP contribution is 2.51. The monoisotopic (exact) mass is 589 g/mol. The van der Waals surface area contributed by atoms with Gasteiger partial charge in [0.1, 0.15) is 11.6 Å². The number of hydrogen-bond donors (Lipinski definition) is 2. The van der Waals surface area contributed by atoms with Gasteiger partial charge in [0.2, 0.25) is 0 Å². The molecule has 0 saturated carbocycles. The molecule has 12 heteroatoms. The Balaban J connectivity index is 1.74. The first-order valence-electron chi connectivity index (χ1n) is 11.9. The molecule has 0 atom stereocenters. The maximum absolute atomic E-state index is 14.7. The van der Waals surface area contributed by atoms with Crippen LogP contribution in [-0.4, -0.2) is 32.4 Å². The van der Waals surface area contributed by atoms with Crippen molar-refractivity contribution in [3.63, 3.8) is 0 Å². The van der Waals surface area contributed by atoms with Crippen LogP contribution in [0.2, 0.25) is 5.02 Å². The van der Waals surface area contributed by atoms with Crippen LogP contribution >= 0.6 is 11.6 Å². The number of aromatic nitrogens is 3. The van der Waals surface area contributed by atoms with Gasteiger partial charge in [0, 0.05) is 34.3 Å². The van der Waals surface area contributed by atoms with Gasteiger partial charge < -0.3 is 10.1 Å². The summed E-state index contributed by atoms with van der Waals surface area (Å²) < 4.78 is 97.3. The normalized spacial score (nSPS) is 13.0. The number of imidazole rings is 1. The Kier molecular flexibility index (Phi) is 6.02. The van der Waals surface area contributed by atoms with Crippen LogP contribution in [0.15, 0.2) is 79.1 Å². The zero-order chi connectivity index (χ0) is 29.3. The standard InChI is InChI=1S/C29H15ClF7N3O/c30-21-4-1-5-22(31)23(21)26-39-24-17-8-6-14(15-3-2-10-38-13-15)11-19(17)20-12-16(7-9-18(20)25(24)40-26)27(41,28(32,33)34)29(35,36)37/h1-13,41H,(H,39,40). The number of nitrogens with one attached hydrogen (secondary N) is 1. The number of pyridine rings is 1. The summed E-state index contributed by atoms with van der Waals surface area (Å²) in [6.07, 6.45) is -9.04. The van der Waals surface area contributed by atoms with Crippen LogP contribution in [0.3, 0.4) is 0 Å². The fourth-order valence-corrected chi connectivity index (χ4v) is 5.24. The molecule has 208 valence electrons. The molecule has 2 aromatic heterocycles. The van der Waals surface area contributed by atoms with Gasteiger partial charge in [-0.2, -0.15) is 26.3 Å². The van der Waals surface area contributed by atoms with Gasteiger partial charge in [0.05, 0.1) is 21.6 Å². The largest absolute Gasteiger partial charge is 0.430 e. The first-order chi connectivity index (χ1) is 19.3. The lowest BCUT2D eigenvalue weighted by atomic mass is 9.88. The summed E-state index contributed by atoms with van der Waals surface area (Å²) in [6, 6.07) is 14.6. The zero-order valence-corrected chi connectivity index (χ0v) is 21.1. The average molecular weight is 590 g/mol. The number of fused-ring (bicyclic) bond motifs is 6. The van der Waals surface area contributed by atoms with Crippen LogP contribution in [0, 0.1) is 5.82 Å². The SMILES string of the molecule is OC(c1ccc2c(c1)c1cc(-c3cccnc3)ccc1c1nc(-c3c(F)cccc3Cl)[nH]c21)(C(F)(F)F)C(F)(F)F. The number of hydrogen-bond acceptors (Lipinski definition) is 3. The van der Waals surface area contributed by atoms with E-state index in [0.29, 0.717) is 28.6 Å². The lowest BCUT2D eigenvalue weighted by molar-refractivity contribution is -0.376. The van der Waals surface area contributed by atoms with E-state index >= 15 is 0 Å². The Hall–Kier alpha value is -4.22. The molecule has 0 aliphatic rings. The van der Waals surface area contributed by atoms with E-state index in [-0.39, 0.29) is 43.6 Å². The van der Waals surface area contributed by atoms with Gasteiger partial charge in [-0.3, -0.25) is 4.98 Å². The third-order valence-electron chi connectivity index (χ3n) is 6.99. The molecule has 0 saturated heterocycles. The Bertz CT molecular complexity index is 1930. The lowest BCUT2D eigenvalue weighted by Crippen LogP contribution is -2.53. The van der Waals surface area contributed by atoms with Crippen molar-refractivity contribution in [2.75, 3.05) is 0 Å². The predicted molar refractivity (Wildman–Crippen MR) is 141 cm³/mol. The van der Waals surface area contributed by atoms with Gasteiger partial charge in [-0.15, -0.1) is 0 Å². The van der Waals surface area contributed by atoms with E-state index < -0.39 is 29.3 Å². The highest BCUT2D eigenvalue weighted by Gasteiger charge is 2.71. The summed E-state index contributed by atoms with van der Waals surface area (Å²) in [6.45, 7) is 0. The van der Waals surface area contributed by atoms with Crippen molar-refractivity contribution < 1.29 is 35.8 Å². The second-order valence-electron chi connectivity index (χ2n) is 9.37. The van der Waals surface area contributed by atoms with E-state index in [1.165, 1.54) is 18.2 Å². The lowest BCUT2D eigenvalue weighted by Gasteiger charge is -2.32. The molecule has 4 nitrogen and oxygen atoms in total. The summed E-state index contributed by atoms with van der Waals surface area (Å²) in [5, 5.41) is 10.9. The van der Waals surface area contributed by atoms with E-state index in [2.05, 4.69) is 15.0 Å². The van der Waals surface area contributed by atoms with E-state index in [4.69, 9.17) is 11.6 Å². The Labute approximate surface area is 231 Å². The predicted octanol–water partition coefficient (Wildman–Crippen LogP) is 8.70. The minimum atomic E-state index is -6.07. The topological polar surface area (TPSA) is 61.8 Å². The van der Waals surface area contributed by atoms with Crippen molar-refractivity contribution >= 4 is 44.2 Å². The quantitative estimate of drug-likeness (QED) is 0.160. The zero-order valence-electron chi connectivity index (χ0n) is 20.4. The summed E-state index contributed by atoms with van der Waals surface area (Å²) in [4.78, 5) is 11.5. The van der Waals surface area contributed by atoms with Crippen molar-refractivity contribution in [1.82, 2.24) is 15.0 Å². The molecule has 0 aliphatic carbocycles. The van der Waals surface area contributed by atoms with Crippen molar-refractivity contribution in [3.05, 3.63) is 95.5 Å². The van der Waals surface area contributed by atoms with Crippen molar-refractivity contribution in [3.8, 4) is 22.5 Å². The summed E-state index contributed by atoms with van der Waals surface area (Å²) >= 11 is 6.23. The fraction of sp³-hybridized carbons (Fsp3) is 0.103. The van der Waals surface area contributed by atoms with Crippen LogP contribution < -0.4 is 0 Å². The number of aliphatic hydroxyl groups is 1. The van der Waals surface area contributed by atoms with Crippen LogP contribution in [-0.2, 0) is 5.60 Å². The molecule has 4 aromatic carbocycles. The molecule has 0 aliphatic heterocycles. The number of H-pyrrole nitrogens is 1. The highest BCUT2D eigenvalue weighted by molar-refractivity contribution is 6.33. The molecule has 0 bridgehead atoms. The van der Waals surface area contributed by atoms with Crippen LogP contribution in [0.1, 0.15) is 5.56 Å². The molecule has 2 heterocycles. The number of nitrogens with zero attached hydrogens (tertiary/aromatic N) is 2. The van der Waals surface area contributed by atoms with Gasteiger partial charge in [0.25, 0.3) is 5.60 Å². The smallest absolute Gasteiger partial charge is 0.369 e. The first kappa shape index (κ1) is 27.0. The molecule has 2 N–H and O–H groups in total. The average Bonchev–Trinajstić information content (AvgIpc) is 3.36. The number of halogens is 8. The van der Waals surface area contributed by atoms with Crippen molar-refractivity contribution in [2.24, 2.45) is 0 Å². The molecule has 6 aromatic rings. The number of rotatable bonds is 3. The molecule has 0 unspecified atom stereocenters. The summed E-state index contributed by atoms with van der Waals surface area (Å²) in [5.41, 5.74) is -4.86. The Morgan fingerprint density at radius 1 is 0.756 bits per heavy atom. The maximum Gasteiger partial charge on any atom is 0.430 e. The number of benzene rings is 4. The second kappa shape index (κ2) is 9.15. The van der Waals surface area contributed by atoms with Gasteiger partial charge in [0.15, 0.2) is 0 Å².